The molecule has 0 aliphatic carbocycles. The Bertz CT molecular complexity index is 541. The molecule has 102 valence electrons. The van der Waals surface area contributed by atoms with E-state index in [0.29, 0.717) is 10.6 Å². The predicted molar refractivity (Wildman–Crippen MR) is 75.9 cm³/mol. The molecule has 0 heterocycles. The lowest BCUT2D eigenvalue weighted by Crippen LogP contribution is -1.97. The van der Waals surface area contributed by atoms with Crippen LogP contribution in [0.15, 0.2) is 29.6 Å². The summed E-state index contributed by atoms with van der Waals surface area (Å²) in [7, 11) is -3.57. The molecule has 0 aliphatic heterocycles. The maximum Gasteiger partial charge on any atom is 0.371 e. The highest BCUT2D eigenvalue weighted by molar-refractivity contribution is 7.59. The number of allylic oxidation sites excluding steroid dienone is 1. The van der Waals surface area contributed by atoms with E-state index in [4.69, 9.17) is 20.6 Å². The Morgan fingerprint density at radius 1 is 1.37 bits per heavy atom. The summed E-state index contributed by atoms with van der Waals surface area (Å²) in [5.74, 6) is 0. The monoisotopic (exact) mass is 299 g/mol. The van der Waals surface area contributed by atoms with Crippen LogP contribution in [0.2, 0.25) is 5.02 Å². The fourth-order valence-corrected chi connectivity index (χ4v) is 3.07. The Hall–Kier alpha value is -1.11. The highest BCUT2D eigenvalue weighted by atomic mass is 35.5. The van der Waals surface area contributed by atoms with Crippen LogP contribution in [0.4, 0.5) is 0 Å². The van der Waals surface area contributed by atoms with Gasteiger partial charge in [-0.1, -0.05) is 29.8 Å². The van der Waals surface area contributed by atoms with Gasteiger partial charge in [0.25, 0.3) is 0 Å². The molecule has 0 aliphatic rings. The van der Waals surface area contributed by atoms with Crippen LogP contribution < -0.4 is 0 Å². The molecule has 19 heavy (non-hydrogen) atoms. The number of benzene rings is 1. The van der Waals surface area contributed by atoms with Crippen molar-refractivity contribution >= 4 is 25.3 Å². The zero-order valence-electron chi connectivity index (χ0n) is 10.8. The largest absolute Gasteiger partial charge is 0.371 e. The summed E-state index contributed by atoms with van der Waals surface area (Å²) < 4.78 is 22.8. The Morgan fingerprint density at radius 3 is 2.42 bits per heavy atom. The molecular weight excluding hydrogens is 285 g/mol. The van der Waals surface area contributed by atoms with E-state index >= 15 is 0 Å². The summed E-state index contributed by atoms with van der Waals surface area (Å²) in [6.07, 6.45) is 1.44. The van der Waals surface area contributed by atoms with Crippen molar-refractivity contribution in [2.45, 2.75) is 13.8 Å². The van der Waals surface area contributed by atoms with Crippen LogP contribution >= 0.6 is 19.2 Å². The highest BCUT2D eigenvalue weighted by Gasteiger charge is 2.29. The van der Waals surface area contributed by atoms with E-state index in [0.717, 1.165) is 0 Å². The van der Waals surface area contributed by atoms with Crippen LogP contribution in [-0.4, -0.2) is 13.2 Å². The molecule has 1 rings (SSSR count). The molecular formula is C13H15ClNO3P. The van der Waals surface area contributed by atoms with Gasteiger partial charge in [0.15, 0.2) is 0 Å². The predicted octanol–water partition coefficient (Wildman–Crippen LogP) is 4.47. The lowest BCUT2D eigenvalue weighted by molar-refractivity contribution is 0.227. The number of hydrogen-bond donors (Lipinski definition) is 0. The summed E-state index contributed by atoms with van der Waals surface area (Å²) in [4.78, 5) is 0. The van der Waals surface area contributed by atoms with E-state index < -0.39 is 7.60 Å². The number of halogens is 1. The number of nitrogens with zero attached hydrogens (tertiary/aromatic N) is 1. The third-order valence-electron chi connectivity index (χ3n) is 2.21. The molecule has 0 N–H and O–H groups in total. The van der Waals surface area contributed by atoms with Crippen LogP contribution in [0, 0.1) is 11.3 Å². The van der Waals surface area contributed by atoms with Crippen LogP contribution in [-0.2, 0) is 13.6 Å². The van der Waals surface area contributed by atoms with Crippen molar-refractivity contribution in [1.29, 1.82) is 5.26 Å². The van der Waals surface area contributed by atoms with Crippen LogP contribution in [0.5, 0.6) is 0 Å². The maximum absolute atomic E-state index is 12.5. The lowest BCUT2D eigenvalue weighted by atomic mass is 10.2. The molecule has 0 aromatic heterocycles. The Balaban J connectivity index is 3.22. The molecule has 0 saturated carbocycles. The maximum atomic E-state index is 12.5. The second-order valence-corrected chi connectivity index (χ2v) is 5.90. The molecule has 0 amide bonds. The minimum atomic E-state index is -3.57. The van der Waals surface area contributed by atoms with Crippen LogP contribution in [0.1, 0.15) is 19.4 Å². The smallest absolute Gasteiger partial charge is 0.305 e. The summed E-state index contributed by atoms with van der Waals surface area (Å²) in [6, 6.07) is 8.84. The van der Waals surface area contributed by atoms with Crippen LogP contribution in [0.25, 0.3) is 6.08 Å². The molecule has 1 aromatic rings. The van der Waals surface area contributed by atoms with Crippen molar-refractivity contribution in [2.24, 2.45) is 0 Å². The average molecular weight is 300 g/mol. The van der Waals surface area contributed by atoms with Gasteiger partial charge in [0, 0.05) is 5.02 Å². The van der Waals surface area contributed by atoms with Gasteiger partial charge >= 0.3 is 7.60 Å². The van der Waals surface area contributed by atoms with E-state index in [1.165, 1.54) is 6.08 Å². The van der Waals surface area contributed by atoms with Gasteiger partial charge < -0.3 is 9.05 Å². The molecule has 0 saturated heterocycles. The van der Waals surface area contributed by atoms with Crippen molar-refractivity contribution in [1.82, 2.24) is 0 Å². The zero-order valence-corrected chi connectivity index (χ0v) is 12.4. The van der Waals surface area contributed by atoms with Gasteiger partial charge in [-0.2, -0.15) is 5.26 Å². The summed E-state index contributed by atoms with van der Waals surface area (Å²) in [5, 5.41) is 9.59. The van der Waals surface area contributed by atoms with Crippen molar-refractivity contribution in [2.75, 3.05) is 13.2 Å². The molecule has 0 spiro atoms. The molecule has 0 radical (unpaired) electrons. The van der Waals surface area contributed by atoms with E-state index in [1.54, 1.807) is 38.1 Å². The fourth-order valence-electron chi connectivity index (χ4n) is 1.43. The van der Waals surface area contributed by atoms with E-state index in [-0.39, 0.29) is 18.5 Å². The van der Waals surface area contributed by atoms with Crippen molar-refractivity contribution in [3.63, 3.8) is 0 Å². The second kappa shape index (κ2) is 7.47. The van der Waals surface area contributed by atoms with E-state index in [1.807, 2.05) is 6.07 Å². The average Bonchev–Trinajstić information content (AvgIpc) is 2.38. The highest BCUT2D eigenvalue weighted by Crippen LogP contribution is 2.56. The van der Waals surface area contributed by atoms with Gasteiger partial charge in [0.05, 0.1) is 13.2 Å². The van der Waals surface area contributed by atoms with Gasteiger partial charge in [-0.25, -0.2) is 0 Å². The number of nitriles is 1. The molecule has 0 fully saturated rings. The normalized spacial score (nSPS) is 12.2. The SMILES string of the molecule is CCOP(=O)(OCC)C(C#N)=Cc1ccccc1Cl. The third kappa shape index (κ3) is 4.19. The molecule has 0 bridgehead atoms. The summed E-state index contributed by atoms with van der Waals surface area (Å²) >= 11 is 6.00. The molecule has 1 aromatic carbocycles. The first-order chi connectivity index (χ1) is 9.07. The Kier molecular flexibility index (Phi) is 6.27. The molecule has 4 nitrogen and oxygen atoms in total. The standard InChI is InChI=1S/C13H15ClNO3P/c1-3-17-19(16,18-4-2)12(10-15)9-11-7-5-6-8-13(11)14/h5-9H,3-4H2,1-2H3. The first-order valence-corrected chi connectivity index (χ1v) is 7.75. The first-order valence-electron chi connectivity index (χ1n) is 5.83. The minimum absolute atomic E-state index is 0.0516. The molecule has 0 atom stereocenters. The second-order valence-electron chi connectivity index (χ2n) is 3.50. The lowest BCUT2D eigenvalue weighted by Gasteiger charge is -2.15. The minimum Gasteiger partial charge on any atom is -0.305 e. The van der Waals surface area contributed by atoms with Gasteiger partial charge in [0.1, 0.15) is 11.4 Å². The Morgan fingerprint density at radius 2 is 1.95 bits per heavy atom. The van der Waals surface area contributed by atoms with E-state index in [9.17, 15) is 9.83 Å². The van der Waals surface area contributed by atoms with Gasteiger partial charge in [-0.15, -0.1) is 0 Å². The van der Waals surface area contributed by atoms with Crippen molar-refractivity contribution < 1.29 is 13.6 Å². The number of hydrogen-bond acceptors (Lipinski definition) is 4. The van der Waals surface area contributed by atoms with Crippen molar-refractivity contribution in [3.05, 3.63) is 40.2 Å². The molecule has 6 heteroatoms. The quantitative estimate of drug-likeness (QED) is 0.574. The van der Waals surface area contributed by atoms with Crippen LogP contribution in [0.3, 0.4) is 0 Å². The summed E-state index contributed by atoms with van der Waals surface area (Å²) in [6.45, 7) is 3.77. The van der Waals surface area contributed by atoms with Gasteiger partial charge in [0.2, 0.25) is 0 Å². The topological polar surface area (TPSA) is 59.3 Å². The Labute approximate surface area is 118 Å². The third-order valence-corrected chi connectivity index (χ3v) is 4.56. The zero-order chi connectivity index (χ0) is 14.3. The molecule has 0 unspecified atom stereocenters. The van der Waals surface area contributed by atoms with Gasteiger partial charge in [-0.3, -0.25) is 4.57 Å². The first kappa shape index (κ1) is 15.9. The van der Waals surface area contributed by atoms with Gasteiger partial charge in [-0.05, 0) is 31.6 Å². The number of rotatable bonds is 6. The van der Waals surface area contributed by atoms with E-state index in [2.05, 4.69) is 0 Å². The fraction of sp³-hybridized carbons (Fsp3) is 0.308. The summed E-state index contributed by atoms with van der Waals surface area (Å²) in [5.41, 5.74) is 0.598. The van der Waals surface area contributed by atoms with Crippen molar-refractivity contribution in [3.8, 4) is 6.07 Å².